The smallest absolute Gasteiger partial charge is 0.218 e. The highest BCUT2D eigenvalue weighted by Gasteiger charge is 2.35. The van der Waals surface area contributed by atoms with Crippen LogP contribution in [0, 0.1) is 0 Å². The Bertz CT molecular complexity index is 989. The van der Waals surface area contributed by atoms with Crippen molar-refractivity contribution in [1.29, 1.82) is 0 Å². The van der Waals surface area contributed by atoms with Crippen molar-refractivity contribution < 1.29 is 8.42 Å². The molecule has 2 aromatic heterocycles. The minimum atomic E-state index is -3.45. The van der Waals surface area contributed by atoms with Crippen molar-refractivity contribution in [2.75, 3.05) is 6.54 Å². The second-order valence-corrected chi connectivity index (χ2v) is 8.57. The summed E-state index contributed by atoms with van der Waals surface area (Å²) in [6.45, 7) is 0.505. The molecule has 0 bridgehead atoms. The van der Waals surface area contributed by atoms with Crippen molar-refractivity contribution in [2.45, 2.75) is 31.1 Å². The van der Waals surface area contributed by atoms with E-state index in [2.05, 4.69) is 20.2 Å². The second kappa shape index (κ2) is 7.58. The lowest BCUT2D eigenvalue weighted by Crippen LogP contribution is -2.39. The molecule has 7 nitrogen and oxygen atoms in total. The van der Waals surface area contributed by atoms with Crippen molar-refractivity contribution in [3.8, 4) is 11.4 Å². The first kappa shape index (κ1) is 17.8. The summed E-state index contributed by atoms with van der Waals surface area (Å²) in [7, 11) is -3.45. The van der Waals surface area contributed by atoms with Gasteiger partial charge in [0.15, 0.2) is 5.82 Å². The number of H-pyrrole nitrogens is 1. The molecule has 0 amide bonds. The first-order chi connectivity index (χ1) is 13.1. The van der Waals surface area contributed by atoms with Gasteiger partial charge in [0.05, 0.1) is 11.8 Å². The predicted octanol–water partition coefficient (Wildman–Crippen LogP) is 2.92. The van der Waals surface area contributed by atoms with Gasteiger partial charge in [-0.15, -0.1) is 0 Å². The molecule has 0 radical (unpaired) electrons. The van der Waals surface area contributed by atoms with E-state index in [-0.39, 0.29) is 11.8 Å². The lowest BCUT2D eigenvalue weighted by Gasteiger charge is -2.33. The number of aromatic nitrogens is 4. The standard InChI is InChI=1S/C19H21N5O2S/c25-27(26,14-15-6-2-1-3-7-15)24-13-5-4-8-17(24)19-21-18(22-23-19)16-9-11-20-12-10-16/h1-3,6-7,9-12,17H,4-5,8,13-14H2,(H,21,22,23)/t17-/m0/s1. The molecule has 0 unspecified atom stereocenters. The van der Waals surface area contributed by atoms with Crippen LogP contribution in [0.3, 0.4) is 0 Å². The van der Waals surface area contributed by atoms with Gasteiger partial charge in [-0.3, -0.25) is 10.1 Å². The van der Waals surface area contributed by atoms with Crippen LogP contribution in [0.25, 0.3) is 11.4 Å². The van der Waals surface area contributed by atoms with E-state index in [4.69, 9.17) is 0 Å². The molecule has 1 N–H and O–H groups in total. The number of nitrogens with one attached hydrogen (secondary N) is 1. The number of hydrogen-bond donors (Lipinski definition) is 1. The van der Waals surface area contributed by atoms with Crippen molar-refractivity contribution >= 4 is 10.0 Å². The summed E-state index contributed by atoms with van der Waals surface area (Å²) >= 11 is 0. The molecule has 0 spiro atoms. The summed E-state index contributed by atoms with van der Waals surface area (Å²) in [6.07, 6.45) is 5.92. The number of piperidine rings is 1. The molecule has 1 aromatic carbocycles. The number of sulfonamides is 1. The van der Waals surface area contributed by atoms with E-state index in [9.17, 15) is 8.42 Å². The largest absolute Gasteiger partial charge is 0.265 e. The Labute approximate surface area is 158 Å². The molecular formula is C19H21N5O2S. The van der Waals surface area contributed by atoms with E-state index in [0.29, 0.717) is 18.2 Å². The third-order valence-corrected chi connectivity index (χ3v) is 6.61. The van der Waals surface area contributed by atoms with Gasteiger partial charge in [-0.2, -0.15) is 9.40 Å². The van der Waals surface area contributed by atoms with Crippen LogP contribution in [-0.2, 0) is 15.8 Å². The SMILES string of the molecule is O=S(=O)(Cc1ccccc1)N1CCCC[C@H]1c1nc(-c2ccncc2)n[nH]1. The van der Waals surface area contributed by atoms with Crippen LogP contribution in [0.5, 0.6) is 0 Å². The molecule has 1 fully saturated rings. The Morgan fingerprint density at radius 1 is 1.07 bits per heavy atom. The molecule has 4 rings (SSSR count). The van der Waals surface area contributed by atoms with Crippen molar-refractivity contribution in [3.63, 3.8) is 0 Å². The Hall–Kier alpha value is -2.58. The summed E-state index contributed by atoms with van der Waals surface area (Å²) in [6, 6.07) is 12.6. The Morgan fingerprint density at radius 2 is 1.85 bits per heavy atom. The first-order valence-electron chi connectivity index (χ1n) is 9.00. The molecule has 1 aliphatic heterocycles. The molecule has 0 saturated carbocycles. The zero-order chi connectivity index (χ0) is 18.7. The van der Waals surface area contributed by atoms with E-state index in [1.165, 1.54) is 0 Å². The lowest BCUT2D eigenvalue weighted by atomic mass is 10.0. The molecule has 8 heteroatoms. The monoisotopic (exact) mass is 383 g/mol. The van der Waals surface area contributed by atoms with Gasteiger partial charge in [0.1, 0.15) is 5.82 Å². The average molecular weight is 383 g/mol. The first-order valence-corrected chi connectivity index (χ1v) is 10.6. The number of hydrogen-bond acceptors (Lipinski definition) is 5. The van der Waals surface area contributed by atoms with Crippen molar-refractivity contribution in [1.82, 2.24) is 24.5 Å². The maximum atomic E-state index is 13.1. The summed E-state index contributed by atoms with van der Waals surface area (Å²) in [5.41, 5.74) is 1.64. The van der Waals surface area contributed by atoms with Gasteiger partial charge < -0.3 is 0 Å². The quantitative estimate of drug-likeness (QED) is 0.731. The molecule has 1 saturated heterocycles. The number of pyridine rings is 1. The number of benzene rings is 1. The van der Waals surface area contributed by atoms with Gasteiger partial charge in [-0.05, 0) is 30.5 Å². The molecule has 3 aromatic rings. The van der Waals surface area contributed by atoms with E-state index in [1.54, 1.807) is 16.7 Å². The average Bonchev–Trinajstić information content (AvgIpc) is 3.19. The number of nitrogens with zero attached hydrogens (tertiary/aromatic N) is 4. The van der Waals surface area contributed by atoms with Gasteiger partial charge >= 0.3 is 0 Å². The molecule has 0 aliphatic carbocycles. The van der Waals surface area contributed by atoms with Crippen LogP contribution in [0.4, 0.5) is 0 Å². The molecule has 3 heterocycles. The third kappa shape index (κ3) is 3.91. The van der Waals surface area contributed by atoms with Gasteiger partial charge in [0, 0.05) is 24.5 Å². The Kier molecular flexibility index (Phi) is 5.00. The summed E-state index contributed by atoms with van der Waals surface area (Å²) in [4.78, 5) is 8.57. The van der Waals surface area contributed by atoms with Crippen molar-refractivity contribution in [2.24, 2.45) is 0 Å². The van der Waals surface area contributed by atoms with Gasteiger partial charge in [0.2, 0.25) is 10.0 Å². The fraction of sp³-hybridized carbons (Fsp3) is 0.316. The molecule has 1 atom stereocenters. The molecular weight excluding hydrogens is 362 g/mol. The maximum absolute atomic E-state index is 13.1. The van der Waals surface area contributed by atoms with E-state index in [0.717, 1.165) is 30.4 Å². The van der Waals surface area contributed by atoms with Crippen LogP contribution >= 0.6 is 0 Å². The van der Waals surface area contributed by atoms with Crippen LogP contribution in [0.15, 0.2) is 54.9 Å². The van der Waals surface area contributed by atoms with Crippen LogP contribution in [-0.4, -0.2) is 39.4 Å². The Morgan fingerprint density at radius 3 is 2.63 bits per heavy atom. The third-order valence-electron chi connectivity index (χ3n) is 4.76. The minimum Gasteiger partial charge on any atom is -0.265 e. The number of rotatable bonds is 5. The summed E-state index contributed by atoms with van der Waals surface area (Å²) in [5.74, 6) is 1.15. The highest BCUT2D eigenvalue weighted by atomic mass is 32.2. The highest BCUT2D eigenvalue weighted by Crippen LogP contribution is 2.33. The van der Waals surface area contributed by atoms with Crippen LogP contribution in [0.2, 0.25) is 0 Å². The summed E-state index contributed by atoms with van der Waals surface area (Å²) < 4.78 is 27.7. The molecule has 27 heavy (non-hydrogen) atoms. The summed E-state index contributed by atoms with van der Waals surface area (Å²) in [5, 5.41) is 7.23. The van der Waals surface area contributed by atoms with Gasteiger partial charge in [-0.25, -0.2) is 13.4 Å². The van der Waals surface area contributed by atoms with Crippen molar-refractivity contribution in [3.05, 3.63) is 66.2 Å². The zero-order valence-electron chi connectivity index (χ0n) is 14.8. The van der Waals surface area contributed by atoms with Crippen LogP contribution in [0.1, 0.15) is 36.7 Å². The molecule has 1 aliphatic rings. The molecule has 140 valence electrons. The van der Waals surface area contributed by atoms with Gasteiger partial charge in [-0.1, -0.05) is 36.8 Å². The zero-order valence-corrected chi connectivity index (χ0v) is 15.6. The Balaban J connectivity index is 1.60. The minimum absolute atomic E-state index is 0.00428. The highest BCUT2D eigenvalue weighted by molar-refractivity contribution is 7.88. The van der Waals surface area contributed by atoms with E-state index < -0.39 is 10.0 Å². The van der Waals surface area contributed by atoms with E-state index in [1.807, 2.05) is 42.5 Å². The normalized spacial score (nSPS) is 18.4. The fourth-order valence-electron chi connectivity index (χ4n) is 3.43. The fourth-order valence-corrected chi connectivity index (χ4v) is 5.21. The predicted molar refractivity (Wildman–Crippen MR) is 102 cm³/mol. The number of aromatic amines is 1. The van der Waals surface area contributed by atoms with Gasteiger partial charge in [0.25, 0.3) is 0 Å². The maximum Gasteiger partial charge on any atom is 0.218 e. The lowest BCUT2D eigenvalue weighted by molar-refractivity contribution is 0.246. The van der Waals surface area contributed by atoms with Crippen LogP contribution < -0.4 is 0 Å². The topological polar surface area (TPSA) is 91.8 Å². The van der Waals surface area contributed by atoms with E-state index >= 15 is 0 Å². The second-order valence-electron chi connectivity index (χ2n) is 6.64.